The Morgan fingerprint density at radius 1 is 1.36 bits per heavy atom. The molecular formula is C13H17Br. The molecule has 0 N–H and O–H groups in total. The van der Waals surface area contributed by atoms with Crippen LogP contribution in [-0.4, -0.2) is 5.33 Å². The Labute approximate surface area is 94.8 Å². The number of halogens is 1. The minimum atomic E-state index is 0.255. The van der Waals surface area contributed by atoms with Crippen molar-refractivity contribution in [1.82, 2.24) is 0 Å². The lowest BCUT2D eigenvalue weighted by Crippen LogP contribution is -2.18. The number of hydrogen-bond donors (Lipinski definition) is 0. The van der Waals surface area contributed by atoms with Gasteiger partial charge in [-0.05, 0) is 35.3 Å². The van der Waals surface area contributed by atoms with Crippen LogP contribution in [0.2, 0.25) is 0 Å². The van der Waals surface area contributed by atoms with Crippen LogP contribution in [0.1, 0.15) is 43.7 Å². The standard InChI is InChI=1S/C13H17Br/c1-13(2,9-14)12-5-3-4-11(8-12)10-6-7-10/h3-5,8,10H,6-7,9H2,1-2H3. The van der Waals surface area contributed by atoms with E-state index in [2.05, 4.69) is 54.0 Å². The molecule has 1 aliphatic carbocycles. The second-order valence-electron chi connectivity index (χ2n) is 4.92. The Balaban J connectivity index is 2.29. The maximum Gasteiger partial charge on any atom is 0.0123 e. The van der Waals surface area contributed by atoms with Crippen LogP contribution in [0.5, 0.6) is 0 Å². The first kappa shape index (κ1) is 10.2. The Hall–Kier alpha value is -0.300. The predicted molar refractivity (Wildman–Crippen MR) is 65.2 cm³/mol. The molecule has 1 aromatic rings. The van der Waals surface area contributed by atoms with Crippen molar-refractivity contribution in [1.29, 1.82) is 0 Å². The minimum absolute atomic E-state index is 0.255. The molecule has 0 aromatic heterocycles. The third kappa shape index (κ3) is 2.03. The summed E-state index contributed by atoms with van der Waals surface area (Å²) in [6.07, 6.45) is 2.77. The van der Waals surface area contributed by atoms with Gasteiger partial charge >= 0.3 is 0 Å². The smallest absolute Gasteiger partial charge is 0.0123 e. The monoisotopic (exact) mass is 252 g/mol. The van der Waals surface area contributed by atoms with Gasteiger partial charge in [-0.15, -0.1) is 0 Å². The molecule has 1 aromatic carbocycles. The van der Waals surface area contributed by atoms with E-state index in [1.54, 1.807) is 0 Å². The van der Waals surface area contributed by atoms with Crippen LogP contribution in [0.15, 0.2) is 24.3 Å². The molecule has 1 heteroatoms. The molecule has 0 aliphatic heterocycles. The molecule has 76 valence electrons. The third-order valence-corrected chi connectivity index (χ3v) is 4.45. The number of benzene rings is 1. The van der Waals surface area contributed by atoms with Gasteiger partial charge in [-0.25, -0.2) is 0 Å². The lowest BCUT2D eigenvalue weighted by molar-refractivity contribution is 0.605. The van der Waals surface area contributed by atoms with E-state index < -0.39 is 0 Å². The van der Waals surface area contributed by atoms with Gasteiger partial charge in [0.2, 0.25) is 0 Å². The Kier molecular flexibility index (Phi) is 2.70. The maximum atomic E-state index is 3.58. The summed E-state index contributed by atoms with van der Waals surface area (Å²) >= 11 is 3.58. The van der Waals surface area contributed by atoms with Crippen LogP contribution < -0.4 is 0 Å². The van der Waals surface area contributed by atoms with Crippen molar-refractivity contribution in [3.63, 3.8) is 0 Å². The van der Waals surface area contributed by atoms with Gasteiger partial charge in [0.25, 0.3) is 0 Å². The van der Waals surface area contributed by atoms with Crippen molar-refractivity contribution < 1.29 is 0 Å². The van der Waals surface area contributed by atoms with Crippen molar-refractivity contribution in [2.75, 3.05) is 5.33 Å². The van der Waals surface area contributed by atoms with Crippen molar-refractivity contribution in [2.45, 2.75) is 38.0 Å². The third-order valence-electron chi connectivity index (χ3n) is 3.05. The molecule has 2 rings (SSSR count). The SMILES string of the molecule is CC(C)(CBr)c1cccc(C2CC2)c1. The zero-order valence-electron chi connectivity index (χ0n) is 8.89. The van der Waals surface area contributed by atoms with E-state index >= 15 is 0 Å². The first-order valence-electron chi connectivity index (χ1n) is 5.30. The lowest BCUT2D eigenvalue weighted by Gasteiger charge is -2.22. The predicted octanol–water partition coefficient (Wildman–Crippen LogP) is 4.24. The highest BCUT2D eigenvalue weighted by molar-refractivity contribution is 9.09. The second kappa shape index (κ2) is 3.69. The average molecular weight is 253 g/mol. The van der Waals surface area contributed by atoms with E-state index in [0.717, 1.165) is 11.2 Å². The van der Waals surface area contributed by atoms with E-state index in [4.69, 9.17) is 0 Å². The van der Waals surface area contributed by atoms with Crippen LogP contribution in [0.3, 0.4) is 0 Å². The van der Waals surface area contributed by atoms with Gasteiger partial charge in [0, 0.05) is 5.33 Å². The molecule has 0 nitrogen and oxygen atoms in total. The second-order valence-corrected chi connectivity index (χ2v) is 5.48. The van der Waals surface area contributed by atoms with Gasteiger partial charge in [-0.3, -0.25) is 0 Å². The molecule has 0 unspecified atom stereocenters. The van der Waals surface area contributed by atoms with Gasteiger partial charge in [-0.2, -0.15) is 0 Å². The summed E-state index contributed by atoms with van der Waals surface area (Å²) in [5.41, 5.74) is 3.25. The molecule has 0 bridgehead atoms. The summed E-state index contributed by atoms with van der Waals surface area (Å²) in [7, 11) is 0. The fourth-order valence-electron chi connectivity index (χ4n) is 1.71. The fourth-order valence-corrected chi connectivity index (χ4v) is 2.03. The highest BCUT2D eigenvalue weighted by atomic mass is 79.9. The Morgan fingerprint density at radius 3 is 2.64 bits per heavy atom. The molecule has 0 amide bonds. The molecule has 14 heavy (non-hydrogen) atoms. The number of alkyl halides is 1. The van der Waals surface area contributed by atoms with Crippen molar-refractivity contribution in [2.24, 2.45) is 0 Å². The lowest BCUT2D eigenvalue weighted by atomic mass is 9.86. The molecule has 1 fully saturated rings. The molecule has 0 saturated heterocycles. The van der Waals surface area contributed by atoms with E-state index in [1.807, 2.05) is 0 Å². The normalized spacial score (nSPS) is 17.1. The summed E-state index contributed by atoms with van der Waals surface area (Å²) in [6, 6.07) is 9.10. The zero-order valence-corrected chi connectivity index (χ0v) is 10.5. The van der Waals surface area contributed by atoms with Crippen LogP contribution in [-0.2, 0) is 5.41 Å². The molecule has 0 atom stereocenters. The van der Waals surface area contributed by atoms with E-state index in [9.17, 15) is 0 Å². The van der Waals surface area contributed by atoms with Crippen LogP contribution in [0.25, 0.3) is 0 Å². The number of rotatable bonds is 3. The highest BCUT2D eigenvalue weighted by Crippen LogP contribution is 2.41. The maximum absolute atomic E-state index is 3.58. The van der Waals surface area contributed by atoms with E-state index in [1.165, 1.54) is 24.0 Å². The van der Waals surface area contributed by atoms with Crippen molar-refractivity contribution in [3.8, 4) is 0 Å². The summed E-state index contributed by atoms with van der Waals surface area (Å²) in [4.78, 5) is 0. The molecule has 0 radical (unpaired) electrons. The average Bonchev–Trinajstić information content (AvgIpc) is 3.01. The van der Waals surface area contributed by atoms with E-state index in [0.29, 0.717) is 0 Å². The summed E-state index contributed by atoms with van der Waals surface area (Å²) in [5.74, 6) is 0.862. The first-order valence-corrected chi connectivity index (χ1v) is 6.42. The summed E-state index contributed by atoms with van der Waals surface area (Å²) in [6.45, 7) is 4.57. The minimum Gasteiger partial charge on any atom is -0.0919 e. The van der Waals surface area contributed by atoms with Gasteiger partial charge in [0.1, 0.15) is 0 Å². The fraction of sp³-hybridized carbons (Fsp3) is 0.538. The summed E-state index contributed by atoms with van der Waals surface area (Å²) in [5, 5.41) is 1.02. The zero-order chi connectivity index (χ0) is 10.2. The Morgan fingerprint density at radius 2 is 2.07 bits per heavy atom. The van der Waals surface area contributed by atoms with Crippen LogP contribution in [0, 0.1) is 0 Å². The molecule has 1 saturated carbocycles. The van der Waals surface area contributed by atoms with Crippen molar-refractivity contribution >= 4 is 15.9 Å². The van der Waals surface area contributed by atoms with Crippen LogP contribution >= 0.6 is 15.9 Å². The first-order chi connectivity index (χ1) is 6.63. The van der Waals surface area contributed by atoms with Crippen molar-refractivity contribution in [3.05, 3.63) is 35.4 Å². The molecule has 0 spiro atoms. The Bertz CT molecular complexity index is 324. The number of hydrogen-bond acceptors (Lipinski definition) is 0. The topological polar surface area (TPSA) is 0 Å². The summed E-state index contributed by atoms with van der Waals surface area (Å²) < 4.78 is 0. The highest BCUT2D eigenvalue weighted by Gasteiger charge is 2.25. The van der Waals surface area contributed by atoms with E-state index in [-0.39, 0.29) is 5.41 Å². The van der Waals surface area contributed by atoms with Crippen LogP contribution in [0.4, 0.5) is 0 Å². The molecular weight excluding hydrogens is 236 g/mol. The van der Waals surface area contributed by atoms with Gasteiger partial charge in [0.15, 0.2) is 0 Å². The van der Waals surface area contributed by atoms with Gasteiger partial charge in [-0.1, -0.05) is 54.0 Å². The van der Waals surface area contributed by atoms with Gasteiger partial charge < -0.3 is 0 Å². The largest absolute Gasteiger partial charge is 0.0919 e. The van der Waals surface area contributed by atoms with Gasteiger partial charge in [0.05, 0.1) is 0 Å². The quantitative estimate of drug-likeness (QED) is 0.707. The molecule has 1 aliphatic rings. The molecule has 0 heterocycles.